The van der Waals surface area contributed by atoms with Crippen molar-refractivity contribution in [2.75, 3.05) is 5.32 Å². The van der Waals surface area contributed by atoms with Gasteiger partial charge in [0.15, 0.2) is 0 Å². The molecule has 0 amide bonds. The van der Waals surface area contributed by atoms with Gasteiger partial charge in [-0.15, -0.1) is 11.3 Å². The molecule has 1 N–H and O–H groups in total. The van der Waals surface area contributed by atoms with Crippen LogP contribution in [-0.4, -0.2) is 4.92 Å². The molecule has 0 spiro atoms. The Bertz CT molecular complexity index is 699. The smallest absolute Gasteiger partial charge is 0.295 e. The average Bonchev–Trinajstić information content (AvgIpc) is 2.91. The summed E-state index contributed by atoms with van der Waals surface area (Å²) in [5.41, 5.74) is 1.80. The Hall–Kier alpha value is -1.95. The van der Waals surface area contributed by atoms with Gasteiger partial charge in [-0.25, -0.2) is 4.39 Å². The van der Waals surface area contributed by atoms with E-state index in [2.05, 4.69) is 16.8 Å². The fourth-order valence-corrected chi connectivity index (χ4v) is 3.75. The number of hydrogen-bond donors (Lipinski definition) is 1. The maximum atomic E-state index is 13.6. The fourth-order valence-electron chi connectivity index (χ4n) is 2.76. The highest BCUT2D eigenvalue weighted by Crippen LogP contribution is 2.38. The third-order valence-corrected chi connectivity index (χ3v) is 4.85. The molecule has 1 aromatic carbocycles. The highest BCUT2D eigenvalue weighted by molar-refractivity contribution is 7.10. The van der Waals surface area contributed by atoms with Gasteiger partial charge in [-0.3, -0.25) is 10.1 Å². The van der Waals surface area contributed by atoms with Gasteiger partial charge in [0.2, 0.25) is 0 Å². The predicted octanol–water partition coefficient (Wildman–Crippen LogP) is 4.59. The number of benzene rings is 1. The highest BCUT2D eigenvalue weighted by Gasteiger charge is 2.24. The first-order valence-electron chi connectivity index (χ1n) is 6.83. The van der Waals surface area contributed by atoms with Gasteiger partial charge in [0.05, 0.1) is 17.0 Å². The normalized spacial score (nSPS) is 17.3. The Kier molecular flexibility index (Phi) is 3.63. The van der Waals surface area contributed by atoms with Crippen LogP contribution < -0.4 is 5.32 Å². The van der Waals surface area contributed by atoms with E-state index in [1.165, 1.54) is 16.5 Å². The van der Waals surface area contributed by atoms with E-state index < -0.39 is 10.7 Å². The molecular weight excluding hydrogens is 291 g/mol. The number of nitro groups is 1. The van der Waals surface area contributed by atoms with Crippen molar-refractivity contribution in [3.8, 4) is 0 Å². The Morgan fingerprint density at radius 3 is 3.05 bits per heavy atom. The number of thiophene rings is 1. The van der Waals surface area contributed by atoms with Crippen molar-refractivity contribution in [3.63, 3.8) is 0 Å². The van der Waals surface area contributed by atoms with Gasteiger partial charge in [0, 0.05) is 4.88 Å². The number of rotatable bonds is 3. The van der Waals surface area contributed by atoms with Crippen LogP contribution in [-0.2, 0) is 6.42 Å². The average molecular weight is 306 g/mol. The van der Waals surface area contributed by atoms with Crippen molar-refractivity contribution in [2.45, 2.75) is 32.2 Å². The second-order valence-corrected chi connectivity index (χ2v) is 6.26. The van der Waals surface area contributed by atoms with Crippen molar-refractivity contribution >= 4 is 22.7 Å². The predicted molar refractivity (Wildman–Crippen MR) is 81.4 cm³/mol. The molecule has 0 bridgehead atoms. The van der Waals surface area contributed by atoms with Crippen molar-refractivity contribution in [2.24, 2.45) is 0 Å². The van der Waals surface area contributed by atoms with E-state index in [-0.39, 0.29) is 11.7 Å². The highest BCUT2D eigenvalue weighted by atomic mass is 32.1. The lowest BCUT2D eigenvalue weighted by Gasteiger charge is -2.24. The van der Waals surface area contributed by atoms with Gasteiger partial charge < -0.3 is 5.32 Å². The van der Waals surface area contributed by atoms with E-state index in [0.717, 1.165) is 25.3 Å². The largest absolute Gasteiger partial charge is 0.373 e. The molecule has 3 rings (SSSR count). The van der Waals surface area contributed by atoms with E-state index in [1.54, 1.807) is 18.3 Å². The number of nitrogens with one attached hydrogen (secondary N) is 1. The lowest BCUT2D eigenvalue weighted by molar-refractivity contribution is -0.384. The van der Waals surface area contributed by atoms with E-state index in [4.69, 9.17) is 0 Å². The molecule has 0 saturated heterocycles. The van der Waals surface area contributed by atoms with Gasteiger partial charge in [0.1, 0.15) is 11.5 Å². The van der Waals surface area contributed by atoms with Gasteiger partial charge in [0.25, 0.3) is 5.69 Å². The molecule has 110 valence electrons. The maximum Gasteiger partial charge on any atom is 0.295 e. The van der Waals surface area contributed by atoms with Crippen LogP contribution in [0.3, 0.4) is 0 Å². The van der Waals surface area contributed by atoms with Crippen LogP contribution in [0.5, 0.6) is 0 Å². The van der Waals surface area contributed by atoms with Crippen molar-refractivity contribution in [1.82, 2.24) is 0 Å². The molecule has 4 nitrogen and oxygen atoms in total. The van der Waals surface area contributed by atoms with Crippen LogP contribution in [0.1, 0.15) is 34.9 Å². The lowest BCUT2D eigenvalue weighted by atomic mass is 9.93. The van der Waals surface area contributed by atoms with E-state index in [9.17, 15) is 14.5 Å². The number of nitro benzene ring substituents is 1. The molecule has 1 aliphatic rings. The third kappa shape index (κ3) is 2.63. The minimum atomic E-state index is -0.549. The number of fused-ring (bicyclic) bond motifs is 1. The zero-order chi connectivity index (χ0) is 15.0. The first kappa shape index (κ1) is 14.0. The molecule has 1 aliphatic carbocycles. The molecule has 6 heteroatoms. The van der Waals surface area contributed by atoms with Crippen molar-refractivity contribution in [3.05, 3.63) is 55.5 Å². The number of hydrogen-bond acceptors (Lipinski definition) is 4. The number of anilines is 1. The third-order valence-electron chi connectivity index (χ3n) is 3.86. The quantitative estimate of drug-likeness (QED) is 0.666. The molecule has 0 saturated carbocycles. The second-order valence-electron chi connectivity index (χ2n) is 5.26. The minimum Gasteiger partial charge on any atom is -0.373 e. The summed E-state index contributed by atoms with van der Waals surface area (Å²) in [6.07, 6.45) is 3.05. The second kappa shape index (κ2) is 5.44. The van der Waals surface area contributed by atoms with Gasteiger partial charge in [-0.05, 0) is 54.8 Å². The van der Waals surface area contributed by atoms with Crippen LogP contribution in [0.4, 0.5) is 15.8 Å². The monoisotopic (exact) mass is 306 g/mol. The molecular formula is C15H15FN2O2S. The first-order chi connectivity index (χ1) is 10.1. The van der Waals surface area contributed by atoms with Crippen LogP contribution in [0.25, 0.3) is 0 Å². The topological polar surface area (TPSA) is 55.2 Å². The molecule has 1 aromatic heterocycles. The fraction of sp³-hybridized carbons (Fsp3) is 0.333. The molecule has 21 heavy (non-hydrogen) atoms. The molecule has 0 aliphatic heterocycles. The van der Waals surface area contributed by atoms with Crippen LogP contribution in [0, 0.1) is 22.9 Å². The van der Waals surface area contributed by atoms with Gasteiger partial charge >= 0.3 is 0 Å². The summed E-state index contributed by atoms with van der Waals surface area (Å²) < 4.78 is 13.6. The molecule has 2 aromatic rings. The Morgan fingerprint density at radius 2 is 2.29 bits per heavy atom. The van der Waals surface area contributed by atoms with E-state index in [1.807, 2.05) is 0 Å². The summed E-state index contributed by atoms with van der Waals surface area (Å²) in [5.74, 6) is -0.549. The van der Waals surface area contributed by atoms with Crippen molar-refractivity contribution in [1.29, 1.82) is 0 Å². The molecule has 1 atom stereocenters. The molecule has 1 unspecified atom stereocenters. The standard InChI is InChI=1S/C15H15FN2O2S/c1-9-7-13(14(18(19)20)8-11(9)16)17-12-3-2-4-15-10(12)5-6-21-15/h5-8,12,17H,2-4H2,1H3. The summed E-state index contributed by atoms with van der Waals surface area (Å²) >= 11 is 1.72. The Labute approximate surface area is 125 Å². The summed E-state index contributed by atoms with van der Waals surface area (Å²) in [5, 5.41) is 16.4. The lowest BCUT2D eigenvalue weighted by Crippen LogP contribution is -2.16. The Balaban J connectivity index is 1.96. The molecule has 0 radical (unpaired) electrons. The zero-order valence-corrected chi connectivity index (χ0v) is 12.4. The minimum absolute atomic E-state index is 0.0589. The maximum absolute atomic E-state index is 13.6. The van der Waals surface area contributed by atoms with Crippen LogP contribution >= 0.6 is 11.3 Å². The summed E-state index contributed by atoms with van der Waals surface area (Å²) in [6, 6.07) is 4.64. The number of nitrogens with zero attached hydrogens (tertiary/aromatic N) is 1. The number of aryl methyl sites for hydroxylation is 2. The Morgan fingerprint density at radius 1 is 1.48 bits per heavy atom. The SMILES string of the molecule is Cc1cc(NC2CCCc3sccc32)c([N+](=O)[O-])cc1F. The number of halogens is 1. The van der Waals surface area contributed by atoms with Crippen molar-refractivity contribution < 1.29 is 9.31 Å². The summed E-state index contributed by atoms with van der Waals surface area (Å²) in [7, 11) is 0. The first-order valence-corrected chi connectivity index (χ1v) is 7.71. The van der Waals surface area contributed by atoms with Gasteiger partial charge in [-0.2, -0.15) is 0 Å². The summed E-state index contributed by atoms with van der Waals surface area (Å²) in [6.45, 7) is 1.61. The van der Waals surface area contributed by atoms with E-state index >= 15 is 0 Å². The summed E-state index contributed by atoms with van der Waals surface area (Å²) in [4.78, 5) is 11.9. The zero-order valence-electron chi connectivity index (χ0n) is 11.6. The van der Waals surface area contributed by atoms with Crippen LogP contribution in [0.2, 0.25) is 0 Å². The molecule has 0 fully saturated rings. The van der Waals surface area contributed by atoms with E-state index in [0.29, 0.717) is 11.3 Å². The molecule has 1 heterocycles. The van der Waals surface area contributed by atoms with Crippen LogP contribution in [0.15, 0.2) is 23.6 Å². The van der Waals surface area contributed by atoms with Gasteiger partial charge in [-0.1, -0.05) is 0 Å².